The standard InChI is InChI=1S/C23H27ClN2O3/c1-3-4-13-29-23(28)25-19-11-12-26(15-19)22(27)18-9-10-20(21(24)14-18)17-7-5-16(2)6-8-17/h5-10,14,19H,3-4,11-13,15H2,1-2H3,(H,25,28)/t19-/m0/s1. The minimum Gasteiger partial charge on any atom is -0.450 e. The molecule has 29 heavy (non-hydrogen) atoms. The molecule has 1 saturated heterocycles. The molecule has 0 radical (unpaired) electrons. The number of halogens is 1. The van der Waals surface area contributed by atoms with Gasteiger partial charge in [-0.25, -0.2) is 4.79 Å². The van der Waals surface area contributed by atoms with Gasteiger partial charge in [0.05, 0.1) is 12.6 Å². The number of aryl methyl sites for hydroxylation is 1. The average molecular weight is 415 g/mol. The maximum absolute atomic E-state index is 12.9. The van der Waals surface area contributed by atoms with E-state index in [-0.39, 0.29) is 11.9 Å². The fourth-order valence-electron chi connectivity index (χ4n) is 3.38. The third kappa shape index (κ3) is 5.51. The van der Waals surface area contributed by atoms with Gasteiger partial charge in [-0.05, 0) is 37.5 Å². The van der Waals surface area contributed by atoms with Crippen LogP contribution in [0.1, 0.15) is 42.1 Å². The van der Waals surface area contributed by atoms with Crippen molar-refractivity contribution in [3.05, 3.63) is 58.6 Å². The number of carbonyl (C=O) groups is 2. The molecule has 1 N–H and O–H groups in total. The zero-order valence-electron chi connectivity index (χ0n) is 16.9. The number of nitrogens with one attached hydrogen (secondary N) is 1. The summed E-state index contributed by atoms with van der Waals surface area (Å²) in [6.45, 7) is 5.57. The number of amides is 2. The van der Waals surface area contributed by atoms with Crippen LogP contribution in [0.5, 0.6) is 0 Å². The van der Waals surface area contributed by atoms with Crippen molar-refractivity contribution >= 4 is 23.6 Å². The highest BCUT2D eigenvalue weighted by Crippen LogP contribution is 2.29. The summed E-state index contributed by atoms with van der Waals surface area (Å²) in [6.07, 6.45) is 2.12. The minimum atomic E-state index is -0.414. The van der Waals surface area contributed by atoms with Gasteiger partial charge in [0.15, 0.2) is 0 Å². The Kier molecular flexibility index (Phi) is 7.15. The zero-order valence-corrected chi connectivity index (χ0v) is 17.7. The van der Waals surface area contributed by atoms with Crippen LogP contribution in [0.3, 0.4) is 0 Å². The molecule has 1 heterocycles. The largest absolute Gasteiger partial charge is 0.450 e. The number of rotatable bonds is 6. The van der Waals surface area contributed by atoms with Gasteiger partial charge in [-0.2, -0.15) is 0 Å². The van der Waals surface area contributed by atoms with Crippen molar-refractivity contribution in [2.45, 2.75) is 39.2 Å². The van der Waals surface area contributed by atoms with E-state index >= 15 is 0 Å². The van der Waals surface area contributed by atoms with Gasteiger partial charge in [-0.15, -0.1) is 0 Å². The maximum atomic E-state index is 12.9. The Morgan fingerprint density at radius 2 is 1.97 bits per heavy atom. The number of likely N-dealkylation sites (tertiary alicyclic amines) is 1. The molecule has 0 aromatic heterocycles. The highest BCUT2D eigenvalue weighted by molar-refractivity contribution is 6.33. The highest BCUT2D eigenvalue weighted by atomic mass is 35.5. The van der Waals surface area contributed by atoms with Gasteiger partial charge in [-0.1, -0.05) is 60.8 Å². The third-order valence-electron chi connectivity index (χ3n) is 5.11. The molecule has 3 rings (SSSR count). The van der Waals surface area contributed by atoms with E-state index in [2.05, 4.69) is 5.32 Å². The quantitative estimate of drug-likeness (QED) is 0.672. The summed E-state index contributed by atoms with van der Waals surface area (Å²) in [5.41, 5.74) is 3.66. The molecule has 1 atom stereocenters. The monoisotopic (exact) mass is 414 g/mol. The smallest absolute Gasteiger partial charge is 0.407 e. The van der Waals surface area contributed by atoms with E-state index < -0.39 is 6.09 Å². The lowest BCUT2D eigenvalue weighted by atomic mass is 10.0. The van der Waals surface area contributed by atoms with E-state index in [0.29, 0.717) is 36.7 Å². The van der Waals surface area contributed by atoms with Gasteiger partial charge in [0.25, 0.3) is 5.91 Å². The SMILES string of the molecule is CCCCOC(=O)N[C@H]1CCN(C(=O)c2ccc(-c3ccc(C)cc3)c(Cl)c2)C1. The molecule has 5 nitrogen and oxygen atoms in total. The second-order valence-corrected chi connectivity index (χ2v) is 7.84. The van der Waals surface area contributed by atoms with E-state index in [0.717, 1.165) is 24.0 Å². The molecule has 2 aromatic rings. The first-order chi connectivity index (χ1) is 14.0. The Morgan fingerprint density at radius 1 is 1.21 bits per heavy atom. The van der Waals surface area contributed by atoms with Gasteiger partial charge in [0.2, 0.25) is 0 Å². The Morgan fingerprint density at radius 3 is 2.66 bits per heavy atom. The molecular formula is C23H27ClN2O3. The number of ether oxygens (including phenoxy) is 1. The normalized spacial score (nSPS) is 16.0. The van der Waals surface area contributed by atoms with E-state index in [1.54, 1.807) is 11.0 Å². The molecule has 1 fully saturated rings. The third-order valence-corrected chi connectivity index (χ3v) is 5.42. The van der Waals surface area contributed by atoms with Crippen LogP contribution in [0.25, 0.3) is 11.1 Å². The lowest BCUT2D eigenvalue weighted by Gasteiger charge is -2.18. The number of hydrogen-bond donors (Lipinski definition) is 1. The van der Waals surface area contributed by atoms with Gasteiger partial charge in [0.1, 0.15) is 0 Å². The fraction of sp³-hybridized carbons (Fsp3) is 0.391. The van der Waals surface area contributed by atoms with Crippen LogP contribution in [0.2, 0.25) is 5.02 Å². The van der Waals surface area contributed by atoms with Gasteiger partial charge in [0, 0.05) is 29.2 Å². The summed E-state index contributed by atoms with van der Waals surface area (Å²) in [5.74, 6) is -0.0778. The van der Waals surface area contributed by atoms with Crippen molar-refractivity contribution in [3.8, 4) is 11.1 Å². The molecule has 0 spiro atoms. The molecule has 1 aliphatic rings. The second kappa shape index (κ2) is 9.79. The summed E-state index contributed by atoms with van der Waals surface area (Å²) in [6, 6.07) is 13.4. The molecule has 2 aromatic carbocycles. The maximum Gasteiger partial charge on any atom is 0.407 e. The predicted octanol–water partition coefficient (Wildman–Crippen LogP) is 5.06. The lowest BCUT2D eigenvalue weighted by molar-refractivity contribution is 0.0787. The summed E-state index contributed by atoms with van der Waals surface area (Å²) < 4.78 is 5.13. The van der Waals surface area contributed by atoms with Crippen molar-refractivity contribution in [3.63, 3.8) is 0 Å². The van der Waals surface area contributed by atoms with Crippen molar-refractivity contribution in [1.82, 2.24) is 10.2 Å². The zero-order chi connectivity index (χ0) is 20.8. The summed E-state index contributed by atoms with van der Waals surface area (Å²) in [4.78, 5) is 26.4. The molecule has 154 valence electrons. The van der Waals surface area contributed by atoms with Gasteiger partial charge < -0.3 is 15.0 Å². The molecule has 0 unspecified atom stereocenters. The summed E-state index contributed by atoms with van der Waals surface area (Å²) in [5, 5.41) is 3.39. The fourth-order valence-corrected chi connectivity index (χ4v) is 3.67. The van der Waals surface area contributed by atoms with E-state index in [1.165, 1.54) is 5.56 Å². The Bertz CT molecular complexity index is 867. The number of carbonyl (C=O) groups excluding carboxylic acids is 2. The molecule has 0 bridgehead atoms. The summed E-state index contributed by atoms with van der Waals surface area (Å²) in [7, 11) is 0. The number of unbranched alkanes of at least 4 members (excludes halogenated alkanes) is 1. The molecule has 2 amide bonds. The molecular weight excluding hydrogens is 388 g/mol. The molecule has 0 saturated carbocycles. The summed E-state index contributed by atoms with van der Waals surface area (Å²) >= 11 is 6.47. The van der Waals surface area contributed by atoms with Crippen molar-refractivity contribution in [2.75, 3.05) is 19.7 Å². The second-order valence-electron chi connectivity index (χ2n) is 7.43. The van der Waals surface area contributed by atoms with Crippen LogP contribution >= 0.6 is 11.6 Å². The van der Waals surface area contributed by atoms with Crippen LogP contribution in [0.15, 0.2) is 42.5 Å². The first-order valence-corrected chi connectivity index (χ1v) is 10.4. The van der Waals surface area contributed by atoms with E-state index in [4.69, 9.17) is 16.3 Å². The van der Waals surface area contributed by atoms with E-state index in [9.17, 15) is 9.59 Å². The minimum absolute atomic E-state index is 0.0778. The predicted molar refractivity (Wildman–Crippen MR) is 115 cm³/mol. The van der Waals surface area contributed by atoms with Crippen LogP contribution < -0.4 is 5.32 Å². The first-order valence-electron chi connectivity index (χ1n) is 10.1. The van der Waals surface area contributed by atoms with Gasteiger partial charge >= 0.3 is 6.09 Å². The van der Waals surface area contributed by atoms with Crippen LogP contribution in [-0.4, -0.2) is 42.6 Å². The van der Waals surface area contributed by atoms with Crippen LogP contribution in [0, 0.1) is 6.92 Å². The number of nitrogens with zero attached hydrogens (tertiary/aromatic N) is 1. The van der Waals surface area contributed by atoms with Crippen molar-refractivity contribution < 1.29 is 14.3 Å². The average Bonchev–Trinajstić information content (AvgIpc) is 3.16. The topological polar surface area (TPSA) is 58.6 Å². The van der Waals surface area contributed by atoms with Crippen LogP contribution in [0.4, 0.5) is 4.79 Å². The number of hydrogen-bond acceptors (Lipinski definition) is 3. The van der Waals surface area contributed by atoms with E-state index in [1.807, 2.05) is 50.2 Å². The van der Waals surface area contributed by atoms with Crippen molar-refractivity contribution in [1.29, 1.82) is 0 Å². The number of alkyl carbamates (subject to hydrolysis) is 1. The Labute approximate surface area is 177 Å². The number of benzene rings is 2. The molecule has 1 aliphatic heterocycles. The van der Waals surface area contributed by atoms with Crippen LogP contribution in [-0.2, 0) is 4.74 Å². The van der Waals surface area contributed by atoms with Gasteiger partial charge in [-0.3, -0.25) is 4.79 Å². The van der Waals surface area contributed by atoms with Crippen molar-refractivity contribution in [2.24, 2.45) is 0 Å². The first kappa shape index (κ1) is 21.2. The Hall–Kier alpha value is -2.53. The molecule has 6 heteroatoms. The highest BCUT2D eigenvalue weighted by Gasteiger charge is 2.28. The molecule has 0 aliphatic carbocycles. The Balaban J connectivity index is 1.60. The lowest BCUT2D eigenvalue weighted by Crippen LogP contribution is -2.38.